The Hall–Kier alpha value is -0.970. The van der Waals surface area contributed by atoms with Crippen LogP contribution >= 0.6 is 11.3 Å². The summed E-state index contributed by atoms with van der Waals surface area (Å²) >= 11 is 1.75. The largest absolute Gasteiger partial charge is 0.343 e. The molecule has 0 unspecified atom stereocenters. The maximum atomic E-state index is 12.3. The highest BCUT2D eigenvalue weighted by molar-refractivity contribution is 7.11. The lowest BCUT2D eigenvalue weighted by Crippen LogP contribution is -2.37. The molecular weight excluding hydrogens is 294 g/mol. The highest BCUT2D eigenvalue weighted by Gasteiger charge is 2.26. The van der Waals surface area contributed by atoms with Crippen LogP contribution in [0.3, 0.4) is 0 Å². The Morgan fingerprint density at radius 3 is 2.55 bits per heavy atom. The predicted octanol–water partition coefficient (Wildman–Crippen LogP) is 3.78. The SMILES string of the molecule is CCc1nnc(C2CCN(C(=O)CCC3CCCC3)CC2)s1. The summed E-state index contributed by atoms with van der Waals surface area (Å²) in [6, 6.07) is 0. The average molecular weight is 321 g/mol. The fourth-order valence-electron chi connectivity index (χ4n) is 3.74. The molecule has 2 fully saturated rings. The smallest absolute Gasteiger partial charge is 0.222 e. The third-order valence-electron chi connectivity index (χ3n) is 5.22. The van der Waals surface area contributed by atoms with Crippen LogP contribution in [0.15, 0.2) is 0 Å². The maximum absolute atomic E-state index is 12.3. The van der Waals surface area contributed by atoms with Gasteiger partial charge in [-0.3, -0.25) is 4.79 Å². The van der Waals surface area contributed by atoms with Gasteiger partial charge in [0.05, 0.1) is 0 Å². The molecule has 0 N–H and O–H groups in total. The van der Waals surface area contributed by atoms with Crippen molar-refractivity contribution in [1.82, 2.24) is 15.1 Å². The first-order chi connectivity index (χ1) is 10.8. The number of carbonyl (C=O) groups excluding carboxylic acids is 1. The fraction of sp³-hybridized carbons (Fsp3) is 0.824. The van der Waals surface area contributed by atoms with Crippen molar-refractivity contribution in [2.75, 3.05) is 13.1 Å². The third-order valence-corrected chi connectivity index (χ3v) is 6.45. The molecule has 5 heteroatoms. The van der Waals surface area contributed by atoms with Crippen molar-refractivity contribution in [2.24, 2.45) is 5.92 Å². The molecule has 122 valence electrons. The van der Waals surface area contributed by atoms with Gasteiger partial charge in [0, 0.05) is 25.4 Å². The second kappa shape index (κ2) is 7.53. The van der Waals surface area contributed by atoms with Crippen molar-refractivity contribution < 1.29 is 4.79 Å². The molecule has 1 aromatic heterocycles. The van der Waals surface area contributed by atoms with Crippen LogP contribution < -0.4 is 0 Å². The van der Waals surface area contributed by atoms with Gasteiger partial charge in [-0.05, 0) is 31.6 Å². The van der Waals surface area contributed by atoms with Crippen LogP contribution in [0.4, 0.5) is 0 Å². The van der Waals surface area contributed by atoms with Crippen molar-refractivity contribution in [2.45, 2.75) is 70.6 Å². The maximum Gasteiger partial charge on any atom is 0.222 e. The number of piperidine rings is 1. The van der Waals surface area contributed by atoms with Crippen LogP contribution in [0.5, 0.6) is 0 Å². The second-order valence-corrected chi connectivity index (χ2v) is 7.83. The molecule has 2 aliphatic rings. The molecule has 0 spiro atoms. The highest BCUT2D eigenvalue weighted by Crippen LogP contribution is 2.32. The van der Waals surface area contributed by atoms with E-state index in [0.29, 0.717) is 11.8 Å². The van der Waals surface area contributed by atoms with Crippen molar-refractivity contribution in [3.05, 3.63) is 10.0 Å². The summed E-state index contributed by atoms with van der Waals surface area (Å²) in [7, 11) is 0. The zero-order chi connectivity index (χ0) is 15.4. The van der Waals surface area contributed by atoms with Crippen LogP contribution in [0, 0.1) is 5.92 Å². The van der Waals surface area contributed by atoms with Crippen molar-refractivity contribution >= 4 is 17.2 Å². The molecule has 0 radical (unpaired) electrons. The molecule has 3 rings (SSSR count). The quantitative estimate of drug-likeness (QED) is 0.829. The molecule has 4 nitrogen and oxygen atoms in total. The highest BCUT2D eigenvalue weighted by atomic mass is 32.1. The van der Waals surface area contributed by atoms with Gasteiger partial charge in [0.1, 0.15) is 10.0 Å². The summed E-state index contributed by atoms with van der Waals surface area (Å²) in [4.78, 5) is 14.4. The first-order valence-electron chi connectivity index (χ1n) is 8.86. The summed E-state index contributed by atoms with van der Waals surface area (Å²) in [6.45, 7) is 3.92. The molecule has 1 saturated carbocycles. The zero-order valence-electron chi connectivity index (χ0n) is 13.6. The van der Waals surface area contributed by atoms with Crippen molar-refractivity contribution in [3.8, 4) is 0 Å². The number of hydrogen-bond donors (Lipinski definition) is 0. The number of aromatic nitrogens is 2. The van der Waals surface area contributed by atoms with Crippen LogP contribution in [-0.4, -0.2) is 34.1 Å². The standard InChI is InChI=1S/C17H27N3OS/c1-2-15-18-19-17(22-15)14-9-11-20(12-10-14)16(21)8-7-13-5-3-4-6-13/h13-14H,2-12H2,1H3. The first kappa shape index (κ1) is 15.9. The summed E-state index contributed by atoms with van der Waals surface area (Å²) in [5.74, 6) is 1.70. The van der Waals surface area contributed by atoms with E-state index in [9.17, 15) is 4.79 Å². The molecule has 1 saturated heterocycles. The Morgan fingerprint density at radius 1 is 1.18 bits per heavy atom. The van der Waals surface area contributed by atoms with Gasteiger partial charge in [-0.1, -0.05) is 32.6 Å². The van der Waals surface area contributed by atoms with Crippen molar-refractivity contribution in [1.29, 1.82) is 0 Å². The number of rotatable bonds is 5. The van der Waals surface area contributed by atoms with E-state index >= 15 is 0 Å². The molecule has 2 heterocycles. The van der Waals surface area contributed by atoms with Gasteiger partial charge < -0.3 is 4.90 Å². The van der Waals surface area contributed by atoms with Crippen LogP contribution in [0.2, 0.25) is 0 Å². The van der Waals surface area contributed by atoms with Gasteiger partial charge in [-0.2, -0.15) is 0 Å². The lowest BCUT2D eigenvalue weighted by atomic mass is 9.96. The van der Waals surface area contributed by atoms with Gasteiger partial charge in [-0.15, -0.1) is 21.5 Å². The number of carbonyl (C=O) groups is 1. The van der Waals surface area contributed by atoms with E-state index < -0.39 is 0 Å². The molecule has 0 aromatic carbocycles. The summed E-state index contributed by atoms with van der Waals surface area (Å²) in [5, 5.41) is 10.9. The molecule has 1 aromatic rings. The van der Waals surface area contributed by atoms with E-state index in [-0.39, 0.29) is 0 Å². The van der Waals surface area contributed by atoms with E-state index in [0.717, 1.165) is 56.1 Å². The van der Waals surface area contributed by atoms with E-state index in [4.69, 9.17) is 0 Å². The van der Waals surface area contributed by atoms with E-state index in [1.165, 1.54) is 30.7 Å². The Morgan fingerprint density at radius 2 is 1.91 bits per heavy atom. The van der Waals surface area contributed by atoms with E-state index in [1.807, 2.05) is 0 Å². The molecular formula is C17H27N3OS. The minimum absolute atomic E-state index is 0.372. The van der Waals surface area contributed by atoms with E-state index in [2.05, 4.69) is 22.0 Å². The number of hydrogen-bond acceptors (Lipinski definition) is 4. The lowest BCUT2D eigenvalue weighted by Gasteiger charge is -2.31. The summed E-state index contributed by atoms with van der Waals surface area (Å²) in [5.41, 5.74) is 0. The van der Waals surface area contributed by atoms with Crippen molar-refractivity contribution in [3.63, 3.8) is 0 Å². The minimum atomic E-state index is 0.372. The second-order valence-electron chi connectivity index (χ2n) is 6.73. The molecule has 0 bridgehead atoms. The van der Waals surface area contributed by atoms with Crippen LogP contribution in [0.25, 0.3) is 0 Å². The predicted molar refractivity (Wildman–Crippen MR) is 89.0 cm³/mol. The summed E-state index contributed by atoms with van der Waals surface area (Å²) < 4.78 is 0. The normalized spacial score (nSPS) is 20.7. The zero-order valence-corrected chi connectivity index (χ0v) is 14.4. The molecule has 1 amide bonds. The number of aryl methyl sites for hydroxylation is 1. The summed E-state index contributed by atoms with van der Waals surface area (Å²) in [6.07, 6.45) is 10.3. The lowest BCUT2D eigenvalue weighted by molar-refractivity contribution is -0.132. The Balaban J connectivity index is 1.43. The molecule has 0 atom stereocenters. The molecule has 1 aliphatic carbocycles. The minimum Gasteiger partial charge on any atom is -0.343 e. The monoisotopic (exact) mass is 321 g/mol. The van der Waals surface area contributed by atoms with Crippen LogP contribution in [-0.2, 0) is 11.2 Å². The Labute approximate surface area is 137 Å². The number of amides is 1. The third kappa shape index (κ3) is 3.86. The average Bonchev–Trinajstić information content (AvgIpc) is 3.24. The number of likely N-dealkylation sites (tertiary alicyclic amines) is 1. The van der Waals surface area contributed by atoms with E-state index in [1.54, 1.807) is 11.3 Å². The Kier molecular flexibility index (Phi) is 5.45. The molecule has 22 heavy (non-hydrogen) atoms. The van der Waals surface area contributed by atoms with Gasteiger partial charge >= 0.3 is 0 Å². The molecule has 1 aliphatic heterocycles. The number of nitrogens with zero attached hydrogens (tertiary/aromatic N) is 3. The van der Waals surface area contributed by atoms with Gasteiger partial charge in [0.2, 0.25) is 5.91 Å². The van der Waals surface area contributed by atoms with Gasteiger partial charge in [-0.25, -0.2) is 0 Å². The Bertz CT molecular complexity index is 488. The fourth-order valence-corrected chi connectivity index (χ4v) is 4.69. The van der Waals surface area contributed by atoms with Gasteiger partial charge in [0.15, 0.2) is 0 Å². The van der Waals surface area contributed by atoms with Gasteiger partial charge in [0.25, 0.3) is 0 Å². The topological polar surface area (TPSA) is 46.1 Å². The van der Waals surface area contributed by atoms with Crippen LogP contribution in [0.1, 0.15) is 74.2 Å². The first-order valence-corrected chi connectivity index (χ1v) is 9.68.